The summed E-state index contributed by atoms with van der Waals surface area (Å²) in [7, 11) is -3.67. The number of ether oxygens (including phenoxy) is 2. The van der Waals surface area contributed by atoms with Crippen molar-refractivity contribution in [1.82, 2.24) is 14.5 Å². The van der Waals surface area contributed by atoms with Gasteiger partial charge in [-0.1, -0.05) is 54.1 Å². The third kappa shape index (κ3) is 8.30. The maximum absolute atomic E-state index is 13.7. The Morgan fingerprint density at radius 1 is 1.00 bits per heavy atom. The Hall–Kier alpha value is -3.48. The van der Waals surface area contributed by atoms with E-state index in [-0.39, 0.29) is 37.7 Å². The fraction of sp³-hybridized carbons (Fsp3) is 0.333. The van der Waals surface area contributed by atoms with Gasteiger partial charge in [-0.3, -0.25) is 9.59 Å². The van der Waals surface area contributed by atoms with Gasteiger partial charge >= 0.3 is 0 Å². The number of sulfonamides is 1. The van der Waals surface area contributed by atoms with Gasteiger partial charge in [-0.25, -0.2) is 8.42 Å². The van der Waals surface area contributed by atoms with E-state index in [0.29, 0.717) is 36.0 Å². The molecule has 1 atom stereocenters. The van der Waals surface area contributed by atoms with E-state index in [9.17, 15) is 23.1 Å². The fourth-order valence-electron chi connectivity index (χ4n) is 4.48. The molecule has 1 aliphatic rings. The number of hydrogen-bond donors (Lipinski definition) is 2. The summed E-state index contributed by atoms with van der Waals surface area (Å²) in [5.74, 6) is -0.546. The van der Waals surface area contributed by atoms with E-state index < -0.39 is 34.5 Å². The molecule has 0 unspecified atom stereocenters. The number of benzene rings is 3. The number of morpholine rings is 1. The number of carbonyl (C=O) groups is 2. The summed E-state index contributed by atoms with van der Waals surface area (Å²) in [6, 6.07) is 20.8. The standard InChI is InChI=1S/C30H34ClN3O7S/c31-25-9-7-23(8-10-25)21-34(29(24-5-2-1-3-6-24)30(37)32-15-4-18-35)28(36)22-41-26-11-13-27(14-12-26)42(38,39)33-16-19-40-20-17-33/h1-3,5-14,29,35H,4,15-22H2,(H,32,37)/t29-/m1/s1. The van der Waals surface area contributed by atoms with Crippen LogP contribution in [-0.4, -0.2) is 80.6 Å². The molecule has 0 spiro atoms. The second-order valence-corrected chi connectivity index (χ2v) is 12.0. The molecule has 4 rings (SSSR count). The average molecular weight is 616 g/mol. The first-order valence-electron chi connectivity index (χ1n) is 13.6. The van der Waals surface area contributed by atoms with Crippen LogP contribution < -0.4 is 10.1 Å². The van der Waals surface area contributed by atoms with Crippen molar-refractivity contribution < 1.29 is 32.6 Å². The summed E-state index contributed by atoms with van der Waals surface area (Å²) < 4.78 is 38.2. The first kappa shape index (κ1) is 31.5. The number of aliphatic hydroxyl groups excluding tert-OH is 1. The normalized spacial score (nSPS) is 14.6. The van der Waals surface area contributed by atoms with E-state index in [4.69, 9.17) is 21.1 Å². The quantitative estimate of drug-likeness (QED) is 0.283. The van der Waals surface area contributed by atoms with Crippen LogP contribution in [0.25, 0.3) is 0 Å². The number of aliphatic hydroxyl groups is 1. The number of amides is 2. The summed E-state index contributed by atoms with van der Waals surface area (Å²) in [5, 5.41) is 12.5. The number of carbonyl (C=O) groups excluding carboxylic acids is 2. The number of rotatable bonds is 13. The maximum atomic E-state index is 13.7. The minimum absolute atomic E-state index is 0.0793. The molecule has 3 aromatic rings. The van der Waals surface area contributed by atoms with Crippen LogP contribution in [-0.2, 0) is 30.9 Å². The minimum atomic E-state index is -3.67. The molecule has 42 heavy (non-hydrogen) atoms. The zero-order valence-corrected chi connectivity index (χ0v) is 24.6. The number of nitrogens with zero attached hydrogens (tertiary/aromatic N) is 2. The van der Waals surface area contributed by atoms with Crippen molar-refractivity contribution in [3.05, 3.63) is 95.0 Å². The molecule has 1 aliphatic heterocycles. The predicted octanol–water partition coefficient (Wildman–Crippen LogP) is 3.01. The highest BCUT2D eigenvalue weighted by molar-refractivity contribution is 7.89. The average Bonchev–Trinajstić information content (AvgIpc) is 3.02. The van der Waals surface area contributed by atoms with Gasteiger partial charge in [-0.15, -0.1) is 0 Å². The van der Waals surface area contributed by atoms with Crippen molar-refractivity contribution in [2.24, 2.45) is 0 Å². The zero-order valence-electron chi connectivity index (χ0n) is 23.0. The second-order valence-electron chi connectivity index (χ2n) is 9.61. The molecule has 1 fully saturated rings. The van der Waals surface area contributed by atoms with E-state index >= 15 is 0 Å². The van der Waals surface area contributed by atoms with E-state index in [1.54, 1.807) is 48.5 Å². The summed E-state index contributed by atoms with van der Waals surface area (Å²) >= 11 is 6.06. The number of nitrogens with one attached hydrogen (secondary N) is 1. The highest BCUT2D eigenvalue weighted by Gasteiger charge is 2.32. The molecule has 10 nitrogen and oxygen atoms in total. The molecule has 3 aromatic carbocycles. The molecular formula is C30H34ClN3O7S. The first-order valence-corrected chi connectivity index (χ1v) is 15.4. The van der Waals surface area contributed by atoms with Crippen LogP contribution in [0.5, 0.6) is 5.75 Å². The Morgan fingerprint density at radius 3 is 2.31 bits per heavy atom. The summed E-state index contributed by atoms with van der Waals surface area (Å²) in [6.07, 6.45) is 0.374. The van der Waals surface area contributed by atoms with Crippen LogP contribution in [0.3, 0.4) is 0 Å². The lowest BCUT2D eigenvalue weighted by atomic mass is 10.0. The van der Waals surface area contributed by atoms with Crippen molar-refractivity contribution in [2.75, 3.05) is 46.1 Å². The minimum Gasteiger partial charge on any atom is -0.484 e. The predicted molar refractivity (Wildman–Crippen MR) is 157 cm³/mol. The van der Waals surface area contributed by atoms with Gasteiger partial charge in [-0.05, 0) is 53.9 Å². The largest absolute Gasteiger partial charge is 0.484 e. The summed E-state index contributed by atoms with van der Waals surface area (Å²) in [5.41, 5.74) is 1.37. The molecule has 0 aromatic heterocycles. The Morgan fingerprint density at radius 2 is 1.67 bits per heavy atom. The van der Waals surface area contributed by atoms with Crippen molar-refractivity contribution in [3.8, 4) is 5.75 Å². The lowest BCUT2D eigenvalue weighted by molar-refractivity contribution is -0.143. The van der Waals surface area contributed by atoms with Crippen LogP contribution in [0, 0.1) is 0 Å². The van der Waals surface area contributed by atoms with E-state index in [0.717, 1.165) is 5.56 Å². The lowest BCUT2D eigenvalue weighted by Gasteiger charge is -2.31. The van der Waals surface area contributed by atoms with Gasteiger partial charge in [0.2, 0.25) is 15.9 Å². The summed E-state index contributed by atoms with van der Waals surface area (Å²) in [4.78, 5) is 28.7. The van der Waals surface area contributed by atoms with Gasteiger partial charge in [0.1, 0.15) is 11.8 Å². The van der Waals surface area contributed by atoms with Crippen molar-refractivity contribution in [3.63, 3.8) is 0 Å². The third-order valence-electron chi connectivity index (χ3n) is 6.69. The molecule has 0 saturated carbocycles. The molecular weight excluding hydrogens is 582 g/mol. The van der Waals surface area contributed by atoms with Gasteiger partial charge < -0.3 is 24.8 Å². The molecule has 12 heteroatoms. The first-order chi connectivity index (χ1) is 20.3. The Labute approximate surface area is 250 Å². The highest BCUT2D eigenvalue weighted by atomic mass is 35.5. The van der Waals surface area contributed by atoms with Crippen molar-refractivity contribution in [2.45, 2.75) is 23.9 Å². The van der Waals surface area contributed by atoms with Gasteiger partial charge in [0.05, 0.1) is 18.1 Å². The van der Waals surface area contributed by atoms with Gasteiger partial charge in [-0.2, -0.15) is 4.31 Å². The van der Waals surface area contributed by atoms with Gasteiger partial charge in [0.25, 0.3) is 5.91 Å². The van der Waals surface area contributed by atoms with Gasteiger partial charge in [0, 0.05) is 37.8 Å². The molecule has 2 N–H and O–H groups in total. The maximum Gasteiger partial charge on any atom is 0.261 e. The number of hydrogen-bond acceptors (Lipinski definition) is 7. The van der Waals surface area contributed by atoms with Crippen molar-refractivity contribution in [1.29, 1.82) is 0 Å². The number of halogens is 1. The van der Waals surface area contributed by atoms with Crippen molar-refractivity contribution >= 4 is 33.4 Å². The van der Waals surface area contributed by atoms with Crippen LogP contribution in [0.2, 0.25) is 5.02 Å². The molecule has 0 aliphatic carbocycles. The van der Waals surface area contributed by atoms with Crippen LogP contribution >= 0.6 is 11.6 Å². The highest BCUT2D eigenvalue weighted by Crippen LogP contribution is 2.26. The van der Waals surface area contributed by atoms with E-state index in [1.165, 1.54) is 33.5 Å². The van der Waals surface area contributed by atoms with Crippen LogP contribution in [0.1, 0.15) is 23.6 Å². The smallest absolute Gasteiger partial charge is 0.261 e. The Balaban J connectivity index is 1.54. The summed E-state index contributed by atoms with van der Waals surface area (Å²) in [6.45, 7) is 1.14. The molecule has 1 heterocycles. The lowest BCUT2D eigenvalue weighted by Crippen LogP contribution is -2.45. The monoisotopic (exact) mass is 615 g/mol. The zero-order chi connectivity index (χ0) is 30.0. The Bertz CT molecular complexity index is 1420. The third-order valence-corrected chi connectivity index (χ3v) is 8.85. The van der Waals surface area contributed by atoms with E-state index in [1.807, 2.05) is 6.07 Å². The van der Waals surface area contributed by atoms with Crippen LogP contribution in [0.4, 0.5) is 0 Å². The molecule has 0 radical (unpaired) electrons. The van der Waals surface area contributed by atoms with Gasteiger partial charge in [0.15, 0.2) is 6.61 Å². The van der Waals surface area contributed by atoms with Crippen LogP contribution in [0.15, 0.2) is 83.8 Å². The fourth-order valence-corrected chi connectivity index (χ4v) is 6.01. The topological polar surface area (TPSA) is 125 Å². The molecule has 224 valence electrons. The molecule has 1 saturated heterocycles. The second kappa shape index (κ2) is 15.1. The molecule has 2 amide bonds. The SMILES string of the molecule is O=C(NCCCO)[C@@H](c1ccccc1)N(Cc1ccc(Cl)cc1)C(=O)COc1ccc(S(=O)(=O)N2CCOCC2)cc1. The Kier molecular flexibility index (Phi) is 11.3. The molecule has 0 bridgehead atoms. The van der Waals surface area contributed by atoms with E-state index in [2.05, 4.69) is 5.32 Å².